The van der Waals surface area contributed by atoms with Crippen LogP contribution in [0.3, 0.4) is 0 Å². The minimum Gasteiger partial charge on any atom is -0.396 e. The molecule has 1 N–H and O–H groups in total. The maximum absolute atomic E-state index is 11.6. The summed E-state index contributed by atoms with van der Waals surface area (Å²) in [6.45, 7) is 0.768. The fourth-order valence-electron chi connectivity index (χ4n) is 2.23. The molecule has 124 valence electrons. The predicted octanol–water partition coefficient (Wildman–Crippen LogP) is 4.28. The molecular formula is C18H28O4. The first-order chi connectivity index (χ1) is 10.8. The Bertz CT molecular complexity index is 378. The number of hydrogen-bond acceptors (Lipinski definition) is 4. The molecule has 0 bridgehead atoms. The lowest BCUT2D eigenvalue weighted by atomic mass is 10.1. The average Bonchev–Trinajstić information content (AvgIpc) is 2.56. The molecule has 0 saturated heterocycles. The van der Waals surface area contributed by atoms with E-state index in [1.807, 2.05) is 6.07 Å². The highest BCUT2D eigenvalue weighted by Crippen LogP contribution is 2.10. The van der Waals surface area contributed by atoms with Crippen LogP contribution >= 0.6 is 0 Å². The van der Waals surface area contributed by atoms with Crippen molar-refractivity contribution in [1.82, 2.24) is 0 Å². The van der Waals surface area contributed by atoms with Gasteiger partial charge in [-0.3, -0.25) is 4.89 Å². The number of aliphatic hydroxyl groups is 1. The molecule has 22 heavy (non-hydrogen) atoms. The molecule has 0 heterocycles. The second-order valence-corrected chi connectivity index (χ2v) is 5.46. The number of rotatable bonds is 13. The minimum absolute atomic E-state index is 0.314. The fraction of sp³-hybridized carbons (Fsp3) is 0.611. The first-order valence-corrected chi connectivity index (χ1v) is 8.34. The van der Waals surface area contributed by atoms with Gasteiger partial charge >= 0.3 is 5.97 Å². The highest BCUT2D eigenvalue weighted by molar-refractivity contribution is 5.88. The molecule has 0 aliphatic rings. The largest absolute Gasteiger partial charge is 0.396 e. The molecular weight excluding hydrogens is 280 g/mol. The van der Waals surface area contributed by atoms with E-state index in [1.54, 1.807) is 24.3 Å². The van der Waals surface area contributed by atoms with E-state index in [-0.39, 0.29) is 0 Å². The summed E-state index contributed by atoms with van der Waals surface area (Å²) >= 11 is 0. The molecule has 4 nitrogen and oxygen atoms in total. The first kappa shape index (κ1) is 18.7. The van der Waals surface area contributed by atoms with E-state index in [0.717, 1.165) is 25.7 Å². The Labute approximate surface area is 133 Å². The van der Waals surface area contributed by atoms with Crippen LogP contribution in [0.1, 0.15) is 68.1 Å². The maximum atomic E-state index is 11.6. The molecule has 0 aliphatic carbocycles. The summed E-state index contributed by atoms with van der Waals surface area (Å²) in [6.07, 6.45) is 10.2. The van der Waals surface area contributed by atoms with Crippen LogP contribution in [0.4, 0.5) is 0 Å². The molecule has 1 aromatic rings. The van der Waals surface area contributed by atoms with Crippen LogP contribution in [0.15, 0.2) is 30.3 Å². The molecule has 0 atom stereocenters. The molecule has 0 aliphatic heterocycles. The molecule has 0 saturated carbocycles. The highest BCUT2D eigenvalue weighted by atomic mass is 17.2. The van der Waals surface area contributed by atoms with Crippen molar-refractivity contribution in [1.29, 1.82) is 0 Å². The van der Waals surface area contributed by atoms with Crippen LogP contribution in [0.2, 0.25) is 0 Å². The standard InChI is InChI=1S/C18H28O4/c19-15-11-6-4-2-1-3-5-7-12-16-21-22-18(20)17-13-9-8-10-14-17/h8-10,13-14,19H,1-7,11-12,15-16H2. The van der Waals surface area contributed by atoms with E-state index in [9.17, 15) is 4.79 Å². The molecule has 4 heteroatoms. The zero-order valence-corrected chi connectivity index (χ0v) is 13.3. The fourth-order valence-corrected chi connectivity index (χ4v) is 2.23. The summed E-state index contributed by atoms with van der Waals surface area (Å²) in [7, 11) is 0. The number of carbonyl (C=O) groups is 1. The van der Waals surface area contributed by atoms with Gasteiger partial charge in [0.25, 0.3) is 0 Å². The van der Waals surface area contributed by atoms with Crippen molar-refractivity contribution in [3.63, 3.8) is 0 Å². The number of hydrogen-bond donors (Lipinski definition) is 1. The van der Waals surface area contributed by atoms with Gasteiger partial charge in [-0.1, -0.05) is 63.1 Å². The summed E-state index contributed by atoms with van der Waals surface area (Å²) in [5.41, 5.74) is 0.503. The lowest BCUT2D eigenvalue weighted by molar-refractivity contribution is -0.241. The van der Waals surface area contributed by atoms with E-state index in [1.165, 1.54) is 32.1 Å². The lowest BCUT2D eigenvalue weighted by Gasteiger charge is -2.04. The second-order valence-electron chi connectivity index (χ2n) is 5.46. The Balaban J connectivity index is 1.85. The van der Waals surface area contributed by atoms with Crippen molar-refractivity contribution in [2.45, 2.75) is 57.8 Å². The van der Waals surface area contributed by atoms with Crippen LogP contribution in [0.25, 0.3) is 0 Å². The van der Waals surface area contributed by atoms with Gasteiger partial charge in [-0.05, 0) is 25.0 Å². The topological polar surface area (TPSA) is 55.8 Å². The van der Waals surface area contributed by atoms with Gasteiger partial charge in [0.05, 0.1) is 12.2 Å². The summed E-state index contributed by atoms with van der Waals surface area (Å²) < 4.78 is 0. The minimum atomic E-state index is -0.441. The van der Waals surface area contributed by atoms with E-state index in [0.29, 0.717) is 18.8 Å². The van der Waals surface area contributed by atoms with Crippen molar-refractivity contribution in [3.8, 4) is 0 Å². The zero-order valence-electron chi connectivity index (χ0n) is 13.3. The lowest BCUT2D eigenvalue weighted by Crippen LogP contribution is -2.06. The van der Waals surface area contributed by atoms with Crippen molar-refractivity contribution < 1.29 is 19.7 Å². The molecule has 0 aromatic heterocycles. The molecule has 0 amide bonds. The number of unbranched alkanes of at least 4 members (excludes halogenated alkanes) is 8. The highest BCUT2D eigenvalue weighted by Gasteiger charge is 2.06. The van der Waals surface area contributed by atoms with Gasteiger partial charge < -0.3 is 5.11 Å². The van der Waals surface area contributed by atoms with Gasteiger partial charge in [-0.2, -0.15) is 4.89 Å². The van der Waals surface area contributed by atoms with E-state index in [4.69, 9.17) is 14.9 Å². The smallest absolute Gasteiger partial charge is 0.373 e. The first-order valence-electron chi connectivity index (χ1n) is 8.34. The normalized spacial score (nSPS) is 10.6. The zero-order chi connectivity index (χ0) is 15.9. The predicted molar refractivity (Wildman–Crippen MR) is 86.4 cm³/mol. The maximum Gasteiger partial charge on any atom is 0.373 e. The summed E-state index contributed by atoms with van der Waals surface area (Å²) in [4.78, 5) is 21.3. The Morgan fingerprint density at radius 3 is 1.95 bits per heavy atom. The van der Waals surface area contributed by atoms with E-state index >= 15 is 0 Å². The van der Waals surface area contributed by atoms with Crippen molar-refractivity contribution in [3.05, 3.63) is 35.9 Å². The van der Waals surface area contributed by atoms with Gasteiger partial charge in [0, 0.05) is 6.61 Å². The molecule has 1 aromatic carbocycles. The van der Waals surface area contributed by atoms with Crippen LogP contribution in [0, 0.1) is 0 Å². The summed E-state index contributed by atoms with van der Waals surface area (Å²) in [5.74, 6) is -0.441. The molecule has 1 rings (SSSR count). The van der Waals surface area contributed by atoms with Crippen molar-refractivity contribution in [2.75, 3.05) is 13.2 Å². The van der Waals surface area contributed by atoms with Gasteiger partial charge in [-0.25, -0.2) is 4.79 Å². The van der Waals surface area contributed by atoms with Crippen LogP contribution in [-0.2, 0) is 9.78 Å². The molecule has 0 unspecified atom stereocenters. The molecule has 0 radical (unpaired) electrons. The van der Waals surface area contributed by atoms with Crippen LogP contribution in [0.5, 0.6) is 0 Å². The number of carbonyl (C=O) groups excluding carboxylic acids is 1. The quantitative estimate of drug-likeness (QED) is 0.336. The van der Waals surface area contributed by atoms with E-state index < -0.39 is 5.97 Å². The van der Waals surface area contributed by atoms with Crippen LogP contribution < -0.4 is 0 Å². The number of benzene rings is 1. The SMILES string of the molecule is O=C(OOCCCCCCCCCCCO)c1ccccc1. The van der Waals surface area contributed by atoms with Crippen molar-refractivity contribution >= 4 is 5.97 Å². The second kappa shape index (κ2) is 13.3. The molecule has 0 spiro atoms. The Kier molecular flexibility index (Phi) is 11.3. The molecule has 0 fully saturated rings. The Hall–Kier alpha value is -1.39. The van der Waals surface area contributed by atoms with Gasteiger partial charge in [0.1, 0.15) is 0 Å². The third kappa shape index (κ3) is 9.53. The van der Waals surface area contributed by atoms with E-state index in [2.05, 4.69) is 0 Å². The summed E-state index contributed by atoms with van der Waals surface area (Å²) in [6, 6.07) is 8.84. The van der Waals surface area contributed by atoms with Crippen LogP contribution in [-0.4, -0.2) is 24.3 Å². The Morgan fingerprint density at radius 1 is 0.818 bits per heavy atom. The average molecular weight is 308 g/mol. The van der Waals surface area contributed by atoms with Crippen molar-refractivity contribution in [2.24, 2.45) is 0 Å². The monoisotopic (exact) mass is 308 g/mol. The summed E-state index contributed by atoms with van der Waals surface area (Å²) in [5, 5.41) is 8.67. The third-order valence-electron chi connectivity index (χ3n) is 3.53. The van der Waals surface area contributed by atoms with Gasteiger partial charge in [0.2, 0.25) is 0 Å². The third-order valence-corrected chi connectivity index (χ3v) is 3.53. The van der Waals surface area contributed by atoms with Gasteiger partial charge in [-0.15, -0.1) is 0 Å². The Morgan fingerprint density at radius 2 is 1.36 bits per heavy atom. The van der Waals surface area contributed by atoms with Gasteiger partial charge in [0.15, 0.2) is 0 Å². The number of aliphatic hydroxyl groups excluding tert-OH is 1.